The number of carboxylic acids is 1. The predicted octanol–water partition coefficient (Wildman–Crippen LogP) is 3.06. The zero-order valence-corrected chi connectivity index (χ0v) is 16.2. The molecule has 11 heteroatoms. The van der Waals surface area contributed by atoms with Gasteiger partial charge >= 0.3 is 18.1 Å². The molecule has 0 spiro atoms. The minimum absolute atomic E-state index is 0.125. The molecule has 0 aromatic heterocycles. The van der Waals surface area contributed by atoms with Crippen LogP contribution in [0.4, 0.5) is 13.2 Å². The zero-order chi connectivity index (χ0) is 21.1. The number of carbonyl (C=O) groups excluding carboxylic acids is 1. The van der Waals surface area contributed by atoms with Gasteiger partial charge in [-0.1, -0.05) is 32.6 Å². The zero-order valence-electron chi connectivity index (χ0n) is 15.4. The molecule has 27 heavy (non-hydrogen) atoms. The first-order valence-electron chi connectivity index (χ1n) is 8.87. The number of esters is 1. The van der Waals surface area contributed by atoms with E-state index >= 15 is 0 Å². The maximum atomic E-state index is 13.0. The number of carbonyl (C=O) groups is 2. The largest absolute Gasteiger partial charge is 0.480 e. The lowest BCUT2D eigenvalue weighted by atomic mass is 10.1. The maximum Gasteiger partial charge on any atom is 0.425 e. The van der Waals surface area contributed by atoms with Gasteiger partial charge in [0.25, 0.3) is 0 Å². The summed E-state index contributed by atoms with van der Waals surface area (Å²) in [6.07, 6.45) is -4.43. The smallest absolute Gasteiger partial charge is 0.425 e. The molecule has 3 atom stereocenters. The molecule has 7 nitrogen and oxygen atoms in total. The molecule has 0 saturated heterocycles. The average molecular weight is 418 g/mol. The van der Waals surface area contributed by atoms with Gasteiger partial charge in [-0.3, -0.25) is 14.4 Å². The van der Waals surface area contributed by atoms with Gasteiger partial charge in [-0.25, -0.2) is 4.21 Å². The Hall–Kier alpha value is -1.36. The molecule has 0 amide bonds. The van der Waals surface area contributed by atoms with Gasteiger partial charge in [-0.15, -0.1) is 0 Å². The van der Waals surface area contributed by atoms with Crippen molar-refractivity contribution in [1.82, 2.24) is 0 Å². The molecular weight excluding hydrogens is 389 g/mol. The number of unbranched alkanes of at least 4 members (excludes halogenated alkanes) is 4. The van der Waals surface area contributed by atoms with Gasteiger partial charge in [0.05, 0.1) is 0 Å². The van der Waals surface area contributed by atoms with Gasteiger partial charge in [-0.05, 0) is 12.8 Å². The van der Waals surface area contributed by atoms with Crippen molar-refractivity contribution in [2.45, 2.75) is 76.6 Å². The van der Waals surface area contributed by atoms with Gasteiger partial charge in [-0.2, -0.15) is 13.2 Å². The molecule has 0 heterocycles. The number of carboxylic acid groups (broad SMARTS) is 1. The van der Waals surface area contributed by atoms with Crippen molar-refractivity contribution >= 4 is 21.7 Å². The number of aliphatic carboxylic acids is 1. The second-order valence-corrected chi connectivity index (χ2v) is 8.87. The van der Waals surface area contributed by atoms with Crippen molar-refractivity contribution in [3.8, 4) is 0 Å². The third-order valence-corrected chi connectivity index (χ3v) is 5.70. The molecule has 1 unspecified atom stereocenters. The molecule has 0 saturated carbocycles. The van der Waals surface area contributed by atoms with E-state index in [1.165, 1.54) is 0 Å². The molecule has 4 N–H and O–H groups in total. The van der Waals surface area contributed by atoms with Crippen molar-refractivity contribution in [3.05, 3.63) is 0 Å². The Morgan fingerprint density at radius 1 is 1.15 bits per heavy atom. The van der Waals surface area contributed by atoms with E-state index in [2.05, 4.69) is 4.74 Å². The average Bonchev–Trinajstić information content (AvgIpc) is 2.55. The highest BCUT2D eigenvalue weighted by Gasteiger charge is 2.42. The van der Waals surface area contributed by atoms with Crippen LogP contribution in [0.5, 0.6) is 0 Å². The number of alkyl halides is 3. The van der Waals surface area contributed by atoms with E-state index in [1.807, 2.05) is 6.92 Å². The van der Waals surface area contributed by atoms with E-state index in [9.17, 15) is 27.0 Å². The van der Waals surface area contributed by atoms with Crippen LogP contribution in [0, 0.1) is 4.78 Å². The highest BCUT2D eigenvalue weighted by atomic mass is 32.2. The number of ether oxygens (including phenoxy) is 1. The quantitative estimate of drug-likeness (QED) is 0.294. The molecule has 0 aromatic rings. The molecule has 0 bridgehead atoms. The topological polar surface area (TPSA) is 131 Å². The first kappa shape index (κ1) is 25.6. The third kappa shape index (κ3) is 12.6. The first-order valence-corrected chi connectivity index (χ1v) is 10.8. The highest BCUT2D eigenvalue weighted by Crippen LogP contribution is 2.26. The van der Waals surface area contributed by atoms with Gasteiger partial charge in [0.1, 0.15) is 6.04 Å². The number of nitrogens with two attached hydrogens (primary N) is 1. The van der Waals surface area contributed by atoms with Crippen LogP contribution in [0.25, 0.3) is 0 Å². The number of rotatable bonds is 14. The summed E-state index contributed by atoms with van der Waals surface area (Å²) in [4.78, 5) is 22.2. The summed E-state index contributed by atoms with van der Waals surface area (Å²) in [5.41, 5.74) is 5.23. The van der Waals surface area contributed by atoms with Crippen molar-refractivity contribution in [2.75, 3.05) is 11.5 Å². The molecule has 0 aliphatic heterocycles. The van der Waals surface area contributed by atoms with E-state index in [0.717, 1.165) is 25.7 Å². The lowest BCUT2D eigenvalue weighted by molar-refractivity contribution is -0.221. The third-order valence-electron chi connectivity index (χ3n) is 3.91. The SMILES string of the molecule is CCCCCCCC(=O)O[C@H](CCS(=N)(=O)CC[C@H](N)C(=O)O)C(F)(F)F. The van der Waals surface area contributed by atoms with Gasteiger partial charge in [0.15, 0.2) is 6.10 Å². The van der Waals surface area contributed by atoms with Crippen LogP contribution in [0.3, 0.4) is 0 Å². The van der Waals surface area contributed by atoms with E-state index < -0.39 is 57.9 Å². The summed E-state index contributed by atoms with van der Waals surface area (Å²) in [6, 6.07) is -1.33. The summed E-state index contributed by atoms with van der Waals surface area (Å²) >= 11 is 0. The summed E-state index contributed by atoms with van der Waals surface area (Å²) in [6.45, 7) is 2.02. The van der Waals surface area contributed by atoms with Crippen molar-refractivity contribution in [1.29, 1.82) is 4.78 Å². The molecule has 0 rings (SSSR count). The van der Waals surface area contributed by atoms with Crippen LogP contribution in [-0.4, -0.2) is 51.1 Å². The highest BCUT2D eigenvalue weighted by molar-refractivity contribution is 7.92. The van der Waals surface area contributed by atoms with Crippen molar-refractivity contribution in [2.24, 2.45) is 5.73 Å². The Labute approximate surface area is 157 Å². The van der Waals surface area contributed by atoms with E-state index in [1.54, 1.807) is 0 Å². The lowest BCUT2D eigenvalue weighted by Gasteiger charge is -2.21. The normalized spacial score (nSPS) is 16.3. The predicted molar refractivity (Wildman–Crippen MR) is 94.8 cm³/mol. The standard InChI is InChI=1S/C16H29F3N2O5S/c1-2-3-4-5-6-7-14(22)26-13(16(17,18)19)9-11-27(21,25)10-8-12(20)15(23)24/h12-13,21H,2-11,20H2,1H3,(H,23,24)/t12-,13+,27?/m0/s1. The molecule has 0 radical (unpaired) electrons. The van der Waals surface area contributed by atoms with Crippen LogP contribution < -0.4 is 5.73 Å². The molecular formula is C16H29F3N2O5S. The van der Waals surface area contributed by atoms with Crippen molar-refractivity contribution < 1.29 is 36.8 Å². The Balaban J connectivity index is 4.53. The van der Waals surface area contributed by atoms with Crippen LogP contribution in [0.2, 0.25) is 0 Å². The fourth-order valence-electron chi connectivity index (χ4n) is 2.22. The van der Waals surface area contributed by atoms with Crippen LogP contribution >= 0.6 is 0 Å². The second kappa shape index (κ2) is 12.2. The van der Waals surface area contributed by atoms with E-state index in [4.69, 9.17) is 15.6 Å². The first-order chi connectivity index (χ1) is 12.4. The second-order valence-electron chi connectivity index (χ2n) is 6.43. The lowest BCUT2D eigenvalue weighted by Crippen LogP contribution is -2.36. The van der Waals surface area contributed by atoms with Gasteiger partial charge in [0, 0.05) is 34.1 Å². The fourth-order valence-corrected chi connectivity index (χ4v) is 3.65. The summed E-state index contributed by atoms with van der Waals surface area (Å²) in [7, 11) is -3.46. The summed E-state index contributed by atoms with van der Waals surface area (Å²) < 4.78 is 63.2. The minimum atomic E-state index is -4.83. The molecule has 0 fully saturated rings. The summed E-state index contributed by atoms with van der Waals surface area (Å²) in [5, 5.41) is 8.64. The summed E-state index contributed by atoms with van der Waals surface area (Å²) in [5.74, 6) is -3.41. The minimum Gasteiger partial charge on any atom is -0.480 e. The van der Waals surface area contributed by atoms with Crippen LogP contribution in [0.1, 0.15) is 58.3 Å². The van der Waals surface area contributed by atoms with Gasteiger partial charge in [0.2, 0.25) is 0 Å². The number of nitrogens with one attached hydrogen (secondary N) is 1. The Bertz CT molecular complexity index is 567. The number of halogens is 3. The van der Waals surface area contributed by atoms with E-state index in [-0.39, 0.29) is 12.8 Å². The Morgan fingerprint density at radius 2 is 1.70 bits per heavy atom. The van der Waals surface area contributed by atoms with Crippen molar-refractivity contribution in [3.63, 3.8) is 0 Å². The number of hydrogen-bond acceptors (Lipinski definition) is 6. The van der Waals surface area contributed by atoms with Crippen LogP contribution in [-0.2, 0) is 24.1 Å². The molecule has 0 aromatic carbocycles. The molecule has 0 aliphatic carbocycles. The fraction of sp³-hybridized carbons (Fsp3) is 0.875. The molecule has 0 aliphatic rings. The Kier molecular flexibility index (Phi) is 11.6. The maximum absolute atomic E-state index is 13.0. The van der Waals surface area contributed by atoms with E-state index in [0.29, 0.717) is 6.42 Å². The van der Waals surface area contributed by atoms with Gasteiger partial charge < -0.3 is 15.6 Å². The Morgan fingerprint density at radius 3 is 2.22 bits per heavy atom. The molecule has 160 valence electrons. The van der Waals surface area contributed by atoms with Crippen LogP contribution in [0.15, 0.2) is 0 Å². The monoisotopic (exact) mass is 418 g/mol. The number of hydrogen-bond donors (Lipinski definition) is 3.